The summed E-state index contributed by atoms with van der Waals surface area (Å²) in [5, 5.41) is 0. The maximum Gasteiger partial charge on any atom is 0.245 e. The first kappa shape index (κ1) is 6.35. The van der Waals surface area contributed by atoms with E-state index in [1.807, 2.05) is 0 Å². The van der Waals surface area contributed by atoms with E-state index < -0.39 is 6.43 Å². The Labute approximate surface area is 40.8 Å². The van der Waals surface area contributed by atoms with E-state index in [4.69, 9.17) is 6.57 Å². The summed E-state index contributed by atoms with van der Waals surface area (Å²) in [7, 11) is 0. The van der Waals surface area contributed by atoms with Gasteiger partial charge in [0.2, 0.25) is 13.0 Å². The summed E-state index contributed by atoms with van der Waals surface area (Å²) in [5.41, 5.74) is 0. The Morgan fingerprint density at radius 3 is 2.29 bits per heavy atom. The second-order valence-electron chi connectivity index (χ2n) is 1.06. The summed E-state index contributed by atoms with van der Waals surface area (Å²) in [6.45, 7) is 6.03. The van der Waals surface area contributed by atoms with Gasteiger partial charge < -0.3 is 4.85 Å². The molecule has 3 heteroatoms. The number of hydrogen-bond donors (Lipinski definition) is 0. The first-order chi connectivity index (χ1) is 3.27. The number of nitrogens with zero attached hydrogens (tertiary/aromatic N) is 1. The van der Waals surface area contributed by atoms with Gasteiger partial charge in [-0.05, 0) is 0 Å². The molecule has 0 atom stereocenters. The smallest absolute Gasteiger partial charge is 0.245 e. The van der Waals surface area contributed by atoms with E-state index in [0.29, 0.717) is 0 Å². The minimum absolute atomic E-state index is 0.0579. The van der Waals surface area contributed by atoms with Crippen molar-refractivity contribution in [1.82, 2.24) is 0 Å². The predicted octanol–water partition coefficient (Wildman–Crippen LogP) is 1.56. The molecule has 40 valence electrons. The summed E-state index contributed by atoms with van der Waals surface area (Å²) in [5.74, 6) is 0. The van der Waals surface area contributed by atoms with Crippen molar-refractivity contribution in [3.05, 3.63) is 11.4 Å². The molecule has 0 aromatic heterocycles. The Morgan fingerprint density at radius 2 is 2.14 bits per heavy atom. The average molecular weight is 105 g/mol. The maximum atomic E-state index is 11.1. The van der Waals surface area contributed by atoms with Crippen LogP contribution in [-0.4, -0.2) is 13.0 Å². The molecular formula is C4H5F2N. The Hall–Kier alpha value is -0.650. The van der Waals surface area contributed by atoms with E-state index in [-0.39, 0.29) is 13.0 Å². The molecule has 1 nitrogen and oxygen atoms in total. The predicted molar refractivity (Wildman–Crippen MR) is 22.1 cm³/mol. The molecular weight excluding hydrogens is 100 g/mol. The zero-order valence-corrected chi connectivity index (χ0v) is 3.69. The molecule has 0 amide bonds. The Bertz CT molecular complexity index is 74.2. The van der Waals surface area contributed by atoms with Gasteiger partial charge in [-0.3, -0.25) is 0 Å². The van der Waals surface area contributed by atoms with Crippen LogP contribution in [0.25, 0.3) is 4.85 Å². The lowest BCUT2D eigenvalue weighted by Crippen LogP contribution is -1.90. The van der Waals surface area contributed by atoms with Gasteiger partial charge in [-0.25, -0.2) is 15.4 Å². The molecule has 0 saturated heterocycles. The summed E-state index contributed by atoms with van der Waals surface area (Å²) >= 11 is 0. The number of rotatable bonds is 2. The first-order valence-corrected chi connectivity index (χ1v) is 1.88. The summed E-state index contributed by atoms with van der Waals surface area (Å²) in [6, 6.07) is 0. The van der Waals surface area contributed by atoms with Gasteiger partial charge in [-0.15, -0.1) is 0 Å². The number of hydrogen-bond acceptors (Lipinski definition) is 0. The molecule has 7 heavy (non-hydrogen) atoms. The molecule has 0 aliphatic rings. The highest BCUT2D eigenvalue weighted by molar-refractivity contribution is 4.58. The Balaban J connectivity index is 2.86. The monoisotopic (exact) mass is 105 g/mol. The van der Waals surface area contributed by atoms with Crippen LogP contribution in [0.1, 0.15) is 6.42 Å². The van der Waals surface area contributed by atoms with E-state index in [0.717, 1.165) is 0 Å². The van der Waals surface area contributed by atoms with Gasteiger partial charge in [0.05, 0.1) is 6.42 Å². The molecule has 0 saturated carbocycles. The molecule has 0 unspecified atom stereocenters. The number of alkyl halides is 2. The van der Waals surface area contributed by atoms with E-state index in [9.17, 15) is 8.78 Å². The van der Waals surface area contributed by atoms with Gasteiger partial charge in [0.1, 0.15) is 0 Å². The van der Waals surface area contributed by atoms with Gasteiger partial charge in [-0.1, -0.05) is 0 Å². The molecule has 0 fully saturated rings. The van der Waals surface area contributed by atoms with Gasteiger partial charge in [0.15, 0.2) is 0 Å². The van der Waals surface area contributed by atoms with Crippen molar-refractivity contribution in [3.8, 4) is 0 Å². The summed E-state index contributed by atoms with van der Waals surface area (Å²) < 4.78 is 22.2. The molecule has 0 aliphatic carbocycles. The number of halogens is 2. The van der Waals surface area contributed by atoms with Crippen molar-refractivity contribution >= 4 is 0 Å². The molecule has 0 heterocycles. The third-order valence-electron chi connectivity index (χ3n) is 0.459. The van der Waals surface area contributed by atoms with E-state index in [1.165, 1.54) is 0 Å². The van der Waals surface area contributed by atoms with Gasteiger partial charge in [0.25, 0.3) is 0 Å². The molecule has 0 aromatic rings. The molecule has 0 radical (unpaired) electrons. The lowest BCUT2D eigenvalue weighted by Gasteiger charge is -1.84. The van der Waals surface area contributed by atoms with Crippen LogP contribution in [0.15, 0.2) is 0 Å². The third-order valence-corrected chi connectivity index (χ3v) is 0.459. The van der Waals surface area contributed by atoms with E-state index in [1.54, 1.807) is 0 Å². The zero-order chi connectivity index (χ0) is 5.70. The molecule has 0 rings (SSSR count). The topological polar surface area (TPSA) is 4.36 Å². The summed E-state index contributed by atoms with van der Waals surface area (Å²) in [6.07, 6.45) is -2.60. The van der Waals surface area contributed by atoms with Crippen molar-refractivity contribution in [2.45, 2.75) is 12.8 Å². The largest absolute Gasteiger partial charge is 0.317 e. The van der Waals surface area contributed by atoms with Crippen molar-refractivity contribution < 1.29 is 8.78 Å². The van der Waals surface area contributed by atoms with Crippen LogP contribution in [0.5, 0.6) is 0 Å². The zero-order valence-electron chi connectivity index (χ0n) is 3.69. The van der Waals surface area contributed by atoms with Crippen molar-refractivity contribution in [3.63, 3.8) is 0 Å². The lowest BCUT2D eigenvalue weighted by atomic mass is 10.5. The van der Waals surface area contributed by atoms with Gasteiger partial charge in [0, 0.05) is 0 Å². The van der Waals surface area contributed by atoms with Crippen molar-refractivity contribution in [1.29, 1.82) is 0 Å². The summed E-state index contributed by atoms with van der Waals surface area (Å²) in [4.78, 5) is 2.75. The van der Waals surface area contributed by atoms with Crippen LogP contribution in [0.4, 0.5) is 8.78 Å². The maximum absolute atomic E-state index is 11.1. The minimum Gasteiger partial charge on any atom is -0.317 e. The highest BCUT2D eigenvalue weighted by Crippen LogP contribution is 1.96. The molecule has 0 aromatic carbocycles. The fourth-order valence-electron chi connectivity index (χ4n) is 0.162. The highest BCUT2D eigenvalue weighted by atomic mass is 19.3. The van der Waals surface area contributed by atoms with Gasteiger partial charge >= 0.3 is 0 Å². The second-order valence-corrected chi connectivity index (χ2v) is 1.06. The SMILES string of the molecule is [C-]#[N+]CCC(F)F. The van der Waals surface area contributed by atoms with Crippen LogP contribution in [0.2, 0.25) is 0 Å². The standard InChI is InChI=1S/C4H5F2N/c1-7-3-2-4(5)6/h4H,2-3H2. The normalized spacial score (nSPS) is 8.86. The van der Waals surface area contributed by atoms with Crippen LogP contribution < -0.4 is 0 Å². The van der Waals surface area contributed by atoms with Crippen LogP contribution in [0, 0.1) is 6.57 Å². The van der Waals surface area contributed by atoms with Crippen molar-refractivity contribution in [2.24, 2.45) is 0 Å². The van der Waals surface area contributed by atoms with Crippen LogP contribution >= 0.6 is 0 Å². The lowest BCUT2D eigenvalue weighted by molar-refractivity contribution is 0.143. The van der Waals surface area contributed by atoms with E-state index >= 15 is 0 Å². The van der Waals surface area contributed by atoms with Gasteiger partial charge in [-0.2, -0.15) is 0 Å². The second kappa shape index (κ2) is 3.54. The van der Waals surface area contributed by atoms with Crippen molar-refractivity contribution in [2.75, 3.05) is 6.54 Å². The average Bonchev–Trinajstić information content (AvgIpc) is 1.61. The molecule has 0 aliphatic heterocycles. The first-order valence-electron chi connectivity index (χ1n) is 1.88. The molecule has 0 bridgehead atoms. The minimum atomic E-state index is -2.31. The third kappa shape index (κ3) is 5.35. The van der Waals surface area contributed by atoms with Crippen LogP contribution in [0.3, 0.4) is 0 Å². The van der Waals surface area contributed by atoms with Crippen LogP contribution in [-0.2, 0) is 0 Å². The fourth-order valence-corrected chi connectivity index (χ4v) is 0.162. The quantitative estimate of drug-likeness (QED) is 0.469. The van der Waals surface area contributed by atoms with E-state index in [2.05, 4.69) is 4.85 Å². The Morgan fingerprint density at radius 1 is 1.57 bits per heavy atom. The molecule has 0 N–H and O–H groups in total. The molecule has 0 spiro atoms. The Kier molecular flexibility index (Phi) is 3.21. The highest BCUT2D eigenvalue weighted by Gasteiger charge is 2.01. The fraction of sp³-hybridized carbons (Fsp3) is 0.750.